The summed E-state index contributed by atoms with van der Waals surface area (Å²) in [6, 6.07) is 7.82. The first-order valence-electron chi connectivity index (χ1n) is 8.96. The number of alkyl halides is 3. The van der Waals surface area contributed by atoms with Crippen molar-refractivity contribution in [3.8, 4) is 0 Å². The average Bonchev–Trinajstić information content (AvgIpc) is 2.62. The molecule has 2 heterocycles. The van der Waals surface area contributed by atoms with Crippen molar-refractivity contribution in [2.45, 2.75) is 31.6 Å². The van der Waals surface area contributed by atoms with Crippen LogP contribution in [0.5, 0.6) is 0 Å². The van der Waals surface area contributed by atoms with Gasteiger partial charge in [-0.15, -0.1) is 0 Å². The van der Waals surface area contributed by atoms with Crippen LogP contribution in [0.25, 0.3) is 0 Å². The molecule has 1 fully saturated rings. The lowest BCUT2D eigenvalue weighted by molar-refractivity contribution is -0.138. The zero-order valence-corrected chi connectivity index (χ0v) is 15.5. The van der Waals surface area contributed by atoms with E-state index >= 15 is 0 Å². The van der Waals surface area contributed by atoms with Gasteiger partial charge >= 0.3 is 6.18 Å². The minimum absolute atomic E-state index is 0.140. The van der Waals surface area contributed by atoms with E-state index in [0.717, 1.165) is 37.1 Å². The smallest absolute Gasteiger partial charge is 0.366 e. The standard InChI is InChI=1S/C19H24F3N5/c1-26(2)18-10-17(23-13-24-18)25-15-7-5-9-27(12-15)11-14-6-3-4-8-16(14)19(20,21)22/h3-4,6,8,10,13,15H,5,7,9,11-12H2,1-2H3,(H,23,24,25). The summed E-state index contributed by atoms with van der Waals surface area (Å²) < 4.78 is 39.7. The van der Waals surface area contributed by atoms with Crippen molar-refractivity contribution >= 4 is 11.6 Å². The Balaban J connectivity index is 1.66. The molecule has 1 unspecified atom stereocenters. The molecule has 146 valence electrons. The lowest BCUT2D eigenvalue weighted by atomic mass is 10.0. The van der Waals surface area contributed by atoms with E-state index in [-0.39, 0.29) is 6.04 Å². The van der Waals surface area contributed by atoms with Crippen LogP contribution in [-0.2, 0) is 12.7 Å². The van der Waals surface area contributed by atoms with Gasteiger partial charge in [-0.25, -0.2) is 9.97 Å². The van der Waals surface area contributed by atoms with Crippen LogP contribution in [0, 0.1) is 0 Å². The molecular weight excluding hydrogens is 355 g/mol. The van der Waals surface area contributed by atoms with E-state index in [2.05, 4.69) is 20.2 Å². The second kappa shape index (κ2) is 8.12. The zero-order chi connectivity index (χ0) is 19.4. The number of halogens is 3. The van der Waals surface area contributed by atoms with Crippen molar-refractivity contribution < 1.29 is 13.2 Å². The summed E-state index contributed by atoms with van der Waals surface area (Å²) in [6.07, 6.45) is -0.929. The summed E-state index contributed by atoms with van der Waals surface area (Å²) >= 11 is 0. The summed E-state index contributed by atoms with van der Waals surface area (Å²) in [6.45, 7) is 1.76. The fraction of sp³-hybridized carbons (Fsp3) is 0.474. The highest BCUT2D eigenvalue weighted by atomic mass is 19.4. The molecule has 0 aliphatic carbocycles. The number of rotatable bonds is 5. The predicted octanol–water partition coefficient (Wildman–Crippen LogP) is 3.64. The van der Waals surface area contributed by atoms with Crippen LogP contribution in [0.1, 0.15) is 24.0 Å². The average molecular weight is 379 g/mol. The molecule has 1 aromatic heterocycles. The Bertz CT molecular complexity index is 763. The van der Waals surface area contributed by atoms with Crippen molar-refractivity contribution in [1.82, 2.24) is 14.9 Å². The molecule has 2 aromatic rings. The molecule has 0 amide bonds. The van der Waals surface area contributed by atoms with Crippen molar-refractivity contribution in [2.75, 3.05) is 37.4 Å². The molecule has 1 atom stereocenters. The molecule has 0 saturated carbocycles. The second-order valence-corrected chi connectivity index (χ2v) is 7.03. The number of aromatic nitrogens is 2. The third kappa shape index (κ3) is 5.09. The molecule has 1 aromatic carbocycles. The summed E-state index contributed by atoms with van der Waals surface area (Å²) in [5.74, 6) is 1.54. The van der Waals surface area contributed by atoms with Gasteiger partial charge in [-0.2, -0.15) is 13.2 Å². The molecule has 1 saturated heterocycles. The van der Waals surface area contributed by atoms with Crippen LogP contribution in [0.4, 0.5) is 24.8 Å². The lowest BCUT2D eigenvalue weighted by Crippen LogP contribution is -2.42. The first-order valence-corrected chi connectivity index (χ1v) is 8.96. The number of anilines is 2. The molecule has 0 spiro atoms. The molecule has 3 rings (SSSR count). The number of benzene rings is 1. The molecule has 1 aliphatic rings. The number of hydrogen-bond donors (Lipinski definition) is 1. The molecule has 1 N–H and O–H groups in total. The lowest BCUT2D eigenvalue weighted by Gasteiger charge is -2.34. The Labute approximate surface area is 157 Å². The van der Waals surface area contributed by atoms with Gasteiger partial charge in [-0.3, -0.25) is 4.90 Å². The van der Waals surface area contributed by atoms with Crippen LogP contribution < -0.4 is 10.2 Å². The Morgan fingerprint density at radius 1 is 1.22 bits per heavy atom. The van der Waals surface area contributed by atoms with Crippen LogP contribution in [0.2, 0.25) is 0 Å². The van der Waals surface area contributed by atoms with Crippen LogP contribution in [0.3, 0.4) is 0 Å². The van der Waals surface area contributed by atoms with Crippen molar-refractivity contribution in [2.24, 2.45) is 0 Å². The first kappa shape index (κ1) is 19.4. The highest BCUT2D eigenvalue weighted by molar-refractivity contribution is 5.48. The number of nitrogens with one attached hydrogen (secondary N) is 1. The minimum atomic E-state index is -4.33. The van der Waals surface area contributed by atoms with Crippen LogP contribution >= 0.6 is 0 Å². The summed E-state index contributed by atoms with van der Waals surface area (Å²) in [5, 5.41) is 3.40. The van der Waals surface area contributed by atoms with Gasteiger partial charge in [0.05, 0.1) is 5.56 Å². The summed E-state index contributed by atoms with van der Waals surface area (Å²) in [5.41, 5.74) is -0.228. The minimum Gasteiger partial charge on any atom is -0.366 e. The largest absolute Gasteiger partial charge is 0.416 e. The van der Waals surface area contributed by atoms with E-state index in [1.165, 1.54) is 12.4 Å². The summed E-state index contributed by atoms with van der Waals surface area (Å²) in [4.78, 5) is 12.4. The number of hydrogen-bond acceptors (Lipinski definition) is 5. The quantitative estimate of drug-likeness (QED) is 0.859. The number of nitrogens with zero attached hydrogens (tertiary/aromatic N) is 4. The molecule has 5 nitrogen and oxygen atoms in total. The first-order chi connectivity index (χ1) is 12.8. The van der Waals surface area contributed by atoms with Gasteiger partial charge in [-0.1, -0.05) is 18.2 Å². The highest BCUT2D eigenvalue weighted by Crippen LogP contribution is 2.32. The van der Waals surface area contributed by atoms with Gasteiger partial charge in [-0.05, 0) is 31.0 Å². The number of piperidine rings is 1. The third-order valence-electron chi connectivity index (χ3n) is 4.69. The Morgan fingerprint density at radius 2 is 2.00 bits per heavy atom. The Hall–Kier alpha value is -2.35. The molecule has 27 heavy (non-hydrogen) atoms. The molecule has 8 heteroatoms. The van der Waals surface area contributed by atoms with E-state index in [4.69, 9.17) is 0 Å². The van der Waals surface area contributed by atoms with Gasteiger partial charge in [0, 0.05) is 39.3 Å². The topological polar surface area (TPSA) is 44.3 Å². The van der Waals surface area contributed by atoms with Gasteiger partial charge < -0.3 is 10.2 Å². The maximum Gasteiger partial charge on any atom is 0.416 e. The van der Waals surface area contributed by atoms with Crippen LogP contribution in [0.15, 0.2) is 36.7 Å². The normalized spacial score (nSPS) is 18.3. The predicted molar refractivity (Wildman–Crippen MR) is 99.7 cm³/mol. The maximum atomic E-state index is 13.2. The molecule has 1 aliphatic heterocycles. The SMILES string of the molecule is CN(C)c1cc(NC2CCCN(Cc3ccccc3C(F)(F)F)C2)ncn1. The van der Waals surface area contributed by atoms with Gasteiger partial charge in [0.25, 0.3) is 0 Å². The van der Waals surface area contributed by atoms with Crippen molar-refractivity contribution in [1.29, 1.82) is 0 Å². The van der Waals surface area contributed by atoms with E-state index in [1.807, 2.05) is 25.1 Å². The number of likely N-dealkylation sites (tertiary alicyclic amines) is 1. The molecular formula is C19H24F3N5. The van der Waals surface area contributed by atoms with Gasteiger partial charge in [0.2, 0.25) is 0 Å². The van der Waals surface area contributed by atoms with E-state index in [9.17, 15) is 13.2 Å². The molecule has 0 bridgehead atoms. The highest BCUT2D eigenvalue weighted by Gasteiger charge is 2.33. The van der Waals surface area contributed by atoms with Crippen molar-refractivity contribution in [3.05, 3.63) is 47.8 Å². The van der Waals surface area contributed by atoms with Gasteiger partial charge in [0.1, 0.15) is 18.0 Å². The Kier molecular flexibility index (Phi) is 5.84. The zero-order valence-electron chi connectivity index (χ0n) is 15.5. The fourth-order valence-corrected chi connectivity index (χ4v) is 3.37. The maximum absolute atomic E-state index is 13.2. The van der Waals surface area contributed by atoms with E-state index < -0.39 is 11.7 Å². The molecule has 0 radical (unpaired) electrons. The summed E-state index contributed by atoms with van der Waals surface area (Å²) in [7, 11) is 3.82. The van der Waals surface area contributed by atoms with Gasteiger partial charge in [0.15, 0.2) is 0 Å². The van der Waals surface area contributed by atoms with Crippen LogP contribution in [-0.4, -0.2) is 48.1 Å². The second-order valence-electron chi connectivity index (χ2n) is 7.03. The van der Waals surface area contributed by atoms with E-state index in [0.29, 0.717) is 18.7 Å². The third-order valence-corrected chi connectivity index (χ3v) is 4.69. The van der Waals surface area contributed by atoms with E-state index in [1.54, 1.807) is 12.1 Å². The van der Waals surface area contributed by atoms with Crippen molar-refractivity contribution in [3.63, 3.8) is 0 Å². The Morgan fingerprint density at radius 3 is 2.74 bits per heavy atom. The monoisotopic (exact) mass is 379 g/mol. The fourth-order valence-electron chi connectivity index (χ4n) is 3.37.